The third-order valence-electron chi connectivity index (χ3n) is 4.34. The van der Waals surface area contributed by atoms with Crippen molar-refractivity contribution in [2.75, 3.05) is 11.1 Å². The summed E-state index contributed by atoms with van der Waals surface area (Å²) in [7, 11) is 0. The van der Waals surface area contributed by atoms with Crippen molar-refractivity contribution in [3.63, 3.8) is 0 Å². The van der Waals surface area contributed by atoms with E-state index in [0.717, 1.165) is 28.2 Å². The first-order chi connectivity index (χ1) is 12.9. The van der Waals surface area contributed by atoms with Gasteiger partial charge in [0, 0.05) is 22.0 Å². The van der Waals surface area contributed by atoms with Gasteiger partial charge in [0.1, 0.15) is 5.82 Å². The van der Waals surface area contributed by atoms with Gasteiger partial charge in [0.15, 0.2) is 0 Å². The van der Waals surface area contributed by atoms with Gasteiger partial charge in [-0.15, -0.1) is 11.8 Å². The fourth-order valence-electron chi connectivity index (χ4n) is 3.23. The molecule has 27 heavy (non-hydrogen) atoms. The zero-order valence-electron chi connectivity index (χ0n) is 15.2. The van der Waals surface area contributed by atoms with Crippen LogP contribution in [0.15, 0.2) is 30.3 Å². The molecule has 8 heteroatoms. The van der Waals surface area contributed by atoms with Crippen molar-refractivity contribution in [3.8, 4) is 5.95 Å². The number of anilines is 1. The van der Waals surface area contributed by atoms with Gasteiger partial charge in [0.05, 0.1) is 16.7 Å². The van der Waals surface area contributed by atoms with Crippen LogP contribution in [-0.2, 0) is 4.79 Å². The number of fused-ring (bicyclic) bond motifs is 1. The molecule has 0 radical (unpaired) electrons. The van der Waals surface area contributed by atoms with Gasteiger partial charge in [0.25, 0.3) is 5.95 Å². The smallest absolute Gasteiger partial charge is 0.252 e. The van der Waals surface area contributed by atoms with E-state index in [1.165, 1.54) is 0 Å². The maximum Gasteiger partial charge on any atom is 0.252 e. The van der Waals surface area contributed by atoms with Crippen LogP contribution >= 0.6 is 23.4 Å². The molecular formula is C19H18ClN5OS. The summed E-state index contributed by atoms with van der Waals surface area (Å²) in [5.41, 5.74) is 4.58. The minimum Gasteiger partial charge on any atom is -0.309 e. The van der Waals surface area contributed by atoms with E-state index >= 15 is 0 Å². The number of hydrogen-bond acceptors (Lipinski definition) is 5. The van der Waals surface area contributed by atoms with Crippen LogP contribution < -0.4 is 5.32 Å². The molecule has 2 aromatic heterocycles. The lowest BCUT2D eigenvalue weighted by atomic mass is 10.0. The van der Waals surface area contributed by atoms with Crippen LogP contribution in [-0.4, -0.2) is 31.4 Å². The van der Waals surface area contributed by atoms with Crippen molar-refractivity contribution in [1.29, 1.82) is 0 Å². The number of carbonyl (C=O) groups is 1. The lowest BCUT2D eigenvalue weighted by molar-refractivity contribution is -0.113. The average Bonchev–Trinajstić information content (AvgIpc) is 2.81. The molecule has 1 aliphatic rings. The van der Waals surface area contributed by atoms with Gasteiger partial charge in [-0.1, -0.05) is 23.7 Å². The lowest BCUT2D eigenvalue weighted by Crippen LogP contribution is -2.17. The first-order valence-electron chi connectivity index (χ1n) is 8.51. The molecule has 1 atom stereocenters. The molecule has 0 unspecified atom stereocenters. The number of thioether (sulfide) groups is 1. The largest absolute Gasteiger partial charge is 0.309 e. The van der Waals surface area contributed by atoms with Crippen molar-refractivity contribution in [3.05, 3.63) is 63.6 Å². The highest BCUT2D eigenvalue weighted by atomic mass is 35.5. The minimum atomic E-state index is -0.0664. The van der Waals surface area contributed by atoms with Gasteiger partial charge in [-0.2, -0.15) is 9.78 Å². The Morgan fingerprint density at radius 2 is 1.81 bits per heavy atom. The fourth-order valence-corrected chi connectivity index (χ4v) is 4.55. The van der Waals surface area contributed by atoms with Gasteiger partial charge >= 0.3 is 0 Å². The third-order valence-corrected chi connectivity index (χ3v) is 5.86. The summed E-state index contributed by atoms with van der Waals surface area (Å²) >= 11 is 7.62. The Bertz CT molecular complexity index is 1010. The van der Waals surface area contributed by atoms with Crippen LogP contribution in [0.1, 0.15) is 33.5 Å². The molecule has 0 bridgehead atoms. The highest BCUT2D eigenvalue weighted by Crippen LogP contribution is 2.43. The van der Waals surface area contributed by atoms with Crippen LogP contribution in [0.3, 0.4) is 0 Å². The van der Waals surface area contributed by atoms with E-state index in [4.69, 9.17) is 11.6 Å². The quantitative estimate of drug-likeness (QED) is 0.704. The molecule has 1 aliphatic heterocycles. The predicted molar refractivity (Wildman–Crippen MR) is 108 cm³/mol. The van der Waals surface area contributed by atoms with Gasteiger partial charge in [0.2, 0.25) is 5.91 Å². The summed E-state index contributed by atoms with van der Waals surface area (Å²) in [6.45, 7) is 5.77. The Labute approximate surface area is 166 Å². The highest BCUT2D eigenvalue weighted by Gasteiger charge is 2.31. The van der Waals surface area contributed by atoms with E-state index in [0.29, 0.717) is 22.5 Å². The van der Waals surface area contributed by atoms with Gasteiger partial charge in [-0.25, -0.2) is 9.97 Å². The fraction of sp³-hybridized carbons (Fsp3) is 0.263. The molecular weight excluding hydrogens is 382 g/mol. The van der Waals surface area contributed by atoms with Crippen LogP contribution in [0.5, 0.6) is 0 Å². The molecule has 0 saturated heterocycles. The standard InChI is InChI=1S/C19H18ClN5OS/c1-10-8-11(2)22-19(21-10)25-18-16(12(3)24-25)17(27-9-15(26)23-18)13-4-6-14(20)7-5-13/h4-8,17H,9H2,1-3H3,(H,23,26)/t17-/m0/s1. The van der Waals surface area contributed by atoms with Crippen LogP contribution in [0.25, 0.3) is 5.95 Å². The van der Waals surface area contributed by atoms with Crippen molar-refractivity contribution in [2.24, 2.45) is 0 Å². The molecule has 0 fully saturated rings. The second-order valence-electron chi connectivity index (χ2n) is 6.50. The number of amides is 1. The normalized spacial score (nSPS) is 16.6. The van der Waals surface area contributed by atoms with Crippen LogP contribution in [0.2, 0.25) is 5.02 Å². The first kappa shape index (κ1) is 18.0. The Balaban J connectivity index is 1.90. The van der Waals surface area contributed by atoms with E-state index < -0.39 is 0 Å². The van der Waals surface area contributed by atoms with Crippen molar-refractivity contribution in [2.45, 2.75) is 26.0 Å². The summed E-state index contributed by atoms with van der Waals surface area (Å²) < 4.78 is 1.64. The van der Waals surface area contributed by atoms with E-state index in [-0.39, 0.29) is 11.2 Å². The minimum absolute atomic E-state index is 0.0316. The number of rotatable bonds is 2. The van der Waals surface area contributed by atoms with Crippen molar-refractivity contribution in [1.82, 2.24) is 19.7 Å². The van der Waals surface area contributed by atoms with E-state index in [2.05, 4.69) is 20.4 Å². The number of nitrogens with zero attached hydrogens (tertiary/aromatic N) is 4. The summed E-state index contributed by atoms with van der Waals surface area (Å²) in [5.74, 6) is 1.38. The predicted octanol–water partition coefficient (Wildman–Crippen LogP) is 4.02. The SMILES string of the molecule is Cc1cc(C)nc(-n2nc(C)c3c2NC(=O)CS[C@H]3c2ccc(Cl)cc2)n1. The summed E-state index contributed by atoms with van der Waals surface area (Å²) in [6.07, 6.45) is 0. The highest BCUT2D eigenvalue weighted by molar-refractivity contribution is 8.00. The third kappa shape index (κ3) is 3.44. The molecule has 3 heterocycles. The zero-order chi connectivity index (χ0) is 19.1. The average molecular weight is 400 g/mol. The Kier molecular flexibility index (Phi) is 4.65. The second-order valence-corrected chi connectivity index (χ2v) is 8.03. The number of carbonyl (C=O) groups excluding carboxylic acids is 1. The topological polar surface area (TPSA) is 72.7 Å². The van der Waals surface area contributed by atoms with Gasteiger partial charge in [-0.05, 0) is 44.5 Å². The number of hydrogen-bond donors (Lipinski definition) is 1. The Morgan fingerprint density at radius 3 is 2.48 bits per heavy atom. The monoisotopic (exact) mass is 399 g/mol. The van der Waals surface area contributed by atoms with Gasteiger partial charge < -0.3 is 5.32 Å². The molecule has 0 aliphatic carbocycles. The zero-order valence-corrected chi connectivity index (χ0v) is 16.7. The molecule has 0 saturated carbocycles. The van der Waals surface area contributed by atoms with E-state index in [1.54, 1.807) is 16.4 Å². The number of aromatic nitrogens is 4. The lowest BCUT2D eigenvalue weighted by Gasteiger charge is -2.15. The van der Waals surface area contributed by atoms with Crippen molar-refractivity contribution < 1.29 is 4.79 Å². The maximum absolute atomic E-state index is 12.4. The van der Waals surface area contributed by atoms with Crippen LogP contribution in [0, 0.1) is 20.8 Å². The molecule has 6 nitrogen and oxygen atoms in total. The van der Waals surface area contributed by atoms with Crippen LogP contribution in [0.4, 0.5) is 5.82 Å². The molecule has 1 aromatic carbocycles. The molecule has 1 amide bonds. The van der Waals surface area contributed by atoms with E-state index in [1.807, 2.05) is 51.1 Å². The summed E-state index contributed by atoms with van der Waals surface area (Å²) in [4.78, 5) is 21.4. The molecule has 138 valence electrons. The molecule has 3 aromatic rings. The van der Waals surface area contributed by atoms with Crippen molar-refractivity contribution >= 4 is 35.1 Å². The number of aryl methyl sites for hydroxylation is 3. The maximum atomic E-state index is 12.4. The Morgan fingerprint density at radius 1 is 1.15 bits per heavy atom. The summed E-state index contributed by atoms with van der Waals surface area (Å²) in [5, 5.41) is 8.30. The van der Waals surface area contributed by atoms with Gasteiger partial charge in [-0.3, -0.25) is 4.79 Å². The number of nitrogens with one attached hydrogen (secondary N) is 1. The van der Waals surface area contributed by atoms with E-state index in [9.17, 15) is 4.79 Å². The molecule has 1 N–H and O–H groups in total. The number of benzene rings is 1. The molecule has 4 rings (SSSR count). The first-order valence-corrected chi connectivity index (χ1v) is 9.94. The number of halogens is 1. The summed E-state index contributed by atoms with van der Waals surface area (Å²) in [6, 6.07) is 9.62. The Hall–Kier alpha value is -2.38. The second kappa shape index (κ2) is 6.98. The molecule has 0 spiro atoms.